The SMILES string of the molecule is CC(C)(O)c1cc2nn(-c3ccc(CN4CCC5(CCC(Nc6cccc7c6C(=O)N(C6CCC(=O)NC6=O)C7=O)CC5)CC4)cc3)cc2cc1NC(=O)c1cccc(C(F)(F)F)n1. The van der Waals surface area contributed by atoms with Crippen molar-refractivity contribution in [3.8, 4) is 5.69 Å². The lowest BCUT2D eigenvalue weighted by Crippen LogP contribution is -2.54. The second kappa shape index (κ2) is 16.3. The molecule has 5 amide bonds. The van der Waals surface area contributed by atoms with Gasteiger partial charge in [0.2, 0.25) is 11.8 Å². The van der Waals surface area contributed by atoms with Gasteiger partial charge in [0.15, 0.2) is 0 Å². The van der Waals surface area contributed by atoms with Crippen molar-refractivity contribution in [2.75, 3.05) is 23.7 Å². The summed E-state index contributed by atoms with van der Waals surface area (Å²) in [5, 5.41) is 24.8. The summed E-state index contributed by atoms with van der Waals surface area (Å²) in [4.78, 5) is 71.2. The summed E-state index contributed by atoms with van der Waals surface area (Å²) >= 11 is 0. The predicted octanol–water partition coefficient (Wildman–Crippen LogP) is 6.96. The van der Waals surface area contributed by atoms with Crippen LogP contribution in [-0.4, -0.2) is 84.4 Å². The molecule has 3 aromatic carbocycles. The molecule has 1 unspecified atom stereocenters. The number of benzene rings is 3. The molecule has 3 aliphatic heterocycles. The van der Waals surface area contributed by atoms with Crippen LogP contribution in [0.15, 0.2) is 79.0 Å². The summed E-state index contributed by atoms with van der Waals surface area (Å²) in [6.07, 6.45) is 3.37. The van der Waals surface area contributed by atoms with E-state index in [1.54, 1.807) is 49.0 Å². The average Bonchev–Trinajstić information content (AvgIpc) is 3.79. The van der Waals surface area contributed by atoms with E-state index in [0.29, 0.717) is 22.2 Å². The number of pyridine rings is 1. The minimum absolute atomic E-state index is 0.0680. The van der Waals surface area contributed by atoms with Crippen LogP contribution >= 0.6 is 0 Å². The topological polar surface area (TPSA) is 179 Å². The highest BCUT2D eigenvalue weighted by Crippen LogP contribution is 2.46. The van der Waals surface area contributed by atoms with E-state index in [1.165, 1.54) is 6.07 Å². The van der Waals surface area contributed by atoms with Crippen molar-refractivity contribution in [3.05, 3.63) is 113 Å². The van der Waals surface area contributed by atoms with Crippen molar-refractivity contribution >= 4 is 51.8 Å². The maximum absolute atomic E-state index is 13.6. The number of hydrogen-bond acceptors (Lipinski definition) is 10. The number of nitrogens with zero attached hydrogens (tertiary/aromatic N) is 5. The number of hydrogen-bond donors (Lipinski definition) is 4. The zero-order valence-electron chi connectivity index (χ0n) is 35.3. The van der Waals surface area contributed by atoms with Gasteiger partial charge >= 0.3 is 6.18 Å². The van der Waals surface area contributed by atoms with Crippen LogP contribution in [0, 0.1) is 5.41 Å². The molecule has 1 saturated carbocycles. The molecule has 3 fully saturated rings. The minimum atomic E-state index is -4.71. The molecule has 2 saturated heterocycles. The first-order chi connectivity index (χ1) is 30.4. The molecule has 332 valence electrons. The second-order valence-corrected chi connectivity index (χ2v) is 18.0. The van der Waals surface area contributed by atoms with Gasteiger partial charge in [0.25, 0.3) is 17.7 Å². The first kappa shape index (κ1) is 42.8. The number of aromatic nitrogens is 3. The largest absolute Gasteiger partial charge is 0.433 e. The fraction of sp³-hybridized carbons (Fsp3) is 0.383. The van der Waals surface area contributed by atoms with Crippen LogP contribution in [0.25, 0.3) is 16.6 Å². The molecule has 17 heteroatoms. The average molecular weight is 877 g/mol. The number of amides is 5. The Morgan fingerprint density at radius 2 is 1.61 bits per heavy atom. The predicted molar refractivity (Wildman–Crippen MR) is 229 cm³/mol. The van der Waals surface area contributed by atoms with Crippen LogP contribution in [0.2, 0.25) is 0 Å². The Morgan fingerprint density at radius 3 is 2.30 bits per heavy atom. The maximum Gasteiger partial charge on any atom is 0.433 e. The monoisotopic (exact) mass is 876 g/mol. The maximum atomic E-state index is 13.6. The molecule has 4 N–H and O–H groups in total. The number of aliphatic hydroxyl groups is 1. The van der Waals surface area contributed by atoms with Gasteiger partial charge in [-0.25, -0.2) is 9.67 Å². The van der Waals surface area contributed by atoms with Gasteiger partial charge in [0, 0.05) is 47.5 Å². The molecule has 1 aliphatic carbocycles. The molecule has 0 bridgehead atoms. The molecule has 9 rings (SSSR count). The van der Waals surface area contributed by atoms with Gasteiger partial charge in [-0.05, 0) is 131 Å². The molecule has 5 heterocycles. The Kier molecular flexibility index (Phi) is 10.9. The first-order valence-corrected chi connectivity index (χ1v) is 21.5. The van der Waals surface area contributed by atoms with Gasteiger partial charge in [-0.1, -0.05) is 24.3 Å². The zero-order valence-corrected chi connectivity index (χ0v) is 35.3. The minimum Gasteiger partial charge on any atom is -0.386 e. The summed E-state index contributed by atoms with van der Waals surface area (Å²) in [5.41, 5.74) is 1.45. The second-order valence-electron chi connectivity index (χ2n) is 18.0. The third kappa shape index (κ3) is 8.36. The number of imide groups is 2. The molecule has 5 aromatic rings. The van der Waals surface area contributed by atoms with Crippen molar-refractivity contribution in [2.45, 2.75) is 95.6 Å². The number of piperidine rings is 2. The Morgan fingerprint density at radius 1 is 0.891 bits per heavy atom. The quantitative estimate of drug-likeness (QED) is 0.113. The number of carbonyl (C=O) groups is 5. The molecule has 4 aliphatic rings. The van der Waals surface area contributed by atoms with Crippen LogP contribution in [0.4, 0.5) is 24.5 Å². The van der Waals surface area contributed by atoms with Crippen molar-refractivity contribution in [2.24, 2.45) is 5.41 Å². The molecule has 1 atom stereocenters. The third-order valence-corrected chi connectivity index (χ3v) is 13.2. The molecule has 64 heavy (non-hydrogen) atoms. The molecule has 14 nitrogen and oxygen atoms in total. The van der Waals surface area contributed by atoms with Crippen molar-refractivity contribution in [1.29, 1.82) is 0 Å². The normalized spacial score (nSPS) is 19.6. The highest BCUT2D eigenvalue weighted by Gasteiger charge is 2.46. The highest BCUT2D eigenvalue weighted by molar-refractivity contribution is 6.25. The van der Waals surface area contributed by atoms with E-state index in [2.05, 4.69) is 38.0 Å². The lowest BCUT2D eigenvalue weighted by atomic mass is 9.67. The fourth-order valence-electron chi connectivity index (χ4n) is 9.65. The number of alkyl halides is 3. The first-order valence-electron chi connectivity index (χ1n) is 21.5. The number of halogens is 3. The number of fused-ring (bicyclic) bond motifs is 2. The third-order valence-electron chi connectivity index (χ3n) is 13.2. The van der Waals surface area contributed by atoms with Gasteiger partial charge in [0.1, 0.15) is 17.4 Å². The Hall–Kier alpha value is -6.46. The molecular weight excluding hydrogens is 830 g/mol. The van der Waals surface area contributed by atoms with E-state index >= 15 is 0 Å². The number of likely N-dealkylation sites (tertiary alicyclic amines) is 1. The van der Waals surface area contributed by atoms with Gasteiger partial charge in [-0.3, -0.25) is 39.1 Å². The highest BCUT2D eigenvalue weighted by atomic mass is 19.4. The van der Waals surface area contributed by atoms with Crippen LogP contribution in [0.1, 0.15) is 113 Å². The molecular formula is C47H47F3N8O6. The van der Waals surface area contributed by atoms with Crippen LogP contribution in [0.3, 0.4) is 0 Å². The molecule has 1 spiro atoms. The Bertz CT molecular complexity index is 2690. The van der Waals surface area contributed by atoms with E-state index in [0.717, 1.165) is 86.4 Å². The Labute approximate surface area is 366 Å². The summed E-state index contributed by atoms with van der Waals surface area (Å²) in [6, 6.07) is 18.8. The summed E-state index contributed by atoms with van der Waals surface area (Å²) < 4.78 is 41.5. The fourth-order valence-corrected chi connectivity index (χ4v) is 9.65. The van der Waals surface area contributed by atoms with Gasteiger partial charge < -0.3 is 15.7 Å². The zero-order chi connectivity index (χ0) is 45.1. The van der Waals surface area contributed by atoms with Crippen molar-refractivity contribution < 1.29 is 42.3 Å². The van der Waals surface area contributed by atoms with E-state index in [9.17, 15) is 42.3 Å². The van der Waals surface area contributed by atoms with Crippen LogP contribution < -0.4 is 16.0 Å². The van der Waals surface area contributed by atoms with E-state index in [4.69, 9.17) is 5.10 Å². The molecule has 0 radical (unpaired) electrons. The molecule has 2 aromatic heterocycles. The van der Waals surface area contributed by atoms with Crippen molar-refractivity contribution in [1.82, 2.24) is 29.9 Å². The Balaban J connectivity index is 0.798. The number of carbonyl (C=O) groups excluding carboxylic acids is 5. The van der Waals surface area contributed by atoms with E-state index in [-0.39, 0.29) is 41.1 Å². The number of rotatable bonds is 9. The summed E-state index contributed by atoms with van der Waals surface area (Å²) in [7, 11) is 0. The van der Waals surface area contributed by atoms with E-state index in [1.807, 2.05) is 18.2 Å². The van der Waals surface area contributed by atoms with Gasteiger partial charge in [0.05, 0.1) is 27.9 Å². The van der Waals surface area contributed by atoms with Crippen molar-refractivity contribution in [3.63, 3.8) is 0 Å². The van der Waals surface area contributed by atoms with E-state index < -0.39 is 58.7 Å². The van der Waals surface area contributed by atoms with Gasteiger partial charge in [-0.15, -0.1) is 0 Å². The summed E-state index contributed by atoms with van der Waals surface area (Å²) in [6.45, 7) is 5.82. The number of nitrogens with one attached hydrogen (secondary N) is 3. The van der Waals surface area contributed by atoms with Gasteiger partial charge in [-0.2, -0.15) is 18.3 Å². The van der Waals surface area contributed by atoms with Crippen LogP contribution in [0.5, 0.6) is 0 Å². The summed E-state index contributed by atoms with van der Waals surface area (Å²) in [5.74, 6) is -2.91. The number of anilines is 2. The lowest BCUT2D eigenvalue weighted by molar-refractivity contribution is -0.141. The standard InChI is InChI=1S/C47H47F3N8O6/c1-45(2,64)32-24-35-28(23-36(32)53-41(60)34-7-4-8-38(52-34)47(48,49)50)26-57(55-35)30-11-9-27(10-12-30)25-56-21-19-46(20-22-56)17-15-29(16-18-46)51-33-6-3-5-31-40(33)44(63)58(43(31)62)37-13-14-39(59)54-42(37)61/h3-12,23-24,26,29,37,51,64H,13-22,25H2,1-2H3,(H,53,60)(H,54,59,61). The van der Waals surface area contributed by atoms with Crippen LogP contribution in [-0.2, 0) is 27.9 Å². The lowest BCUT2D eigenvalue weighted by Gasteiger charge is -2.46. The smallest absolute Gasteiger partial charge is 0.386 e.